The zero-order valence-corrected chi connectivity index (χ0v) is 20.2. The number of nitrogens with zero attached hydrogens (tertiary/aromatic N) is 3. The summed E-state index contributed by atoms with van der Waals surface area (Å²) in [5.74, 6) is 0.299. The van der Waals surface area contributed by atoms with E-state index in [1.807, 2.05) is 6.21 Å². The Bertz CT molecular complexity index is 1050. The van der Waals surface area contributed by atoms with Gasteiger partial charge in [0.15, 0.2) is 0 Å². The number of esters is 1. The normalized spacial score (nSPS) is 28.0. The molecule has 2 bridgehead atoms. The maximum absolute atomic E-state index is 13.1. The van der Waals surface area contributed by atoms with Gasteiger partial charge in [-0.15, -0.1) is 0 Å². The summed E-state index contributed by atoms with van der Waals surface area (Å²) in [7, 11) is 3.66. The zero-order chi connectivity index (χ0) is 23.0. The van der Waals surface area contributed by atoms with Crippen LogP contribution < -0.4 is 0 Å². The topological polar surface area (TPSA) is 70.0 Å². The number of methoxy groups -OCH3 is 1. The lowest BCUT2D eigenvalue weighted by atomic mass is 9.67. The molecular weight excluding hydrogens is 400 g/mol. The van der Waals surface area contributed by atoms with Gasteiger partial charge in [0.05, 0.1) is 24.4 Å². The molecular formula is C26H36N4O2. The van der Waals surface area contributed by atoms with Crippen molar-refractivity contribution in [3.8, 4) is 0 Å². The largest absolute Gasteiger partial charge is 0.469 e. The minimum Gasteiger partial charge on any atom is -0.469 e. The summed E-state index contributed by atoms with van der Waals surface area (Å²) in [6.45, 7) is 9.55. The second-order valence-electron chi connectivity index (χ2n) is 10.5. The molecule has 1 fully saturated rings. The molecule has 2 aliphatic rings. The Kier molecular flexibility index (Phi) is 6.26. The Labute approximate surface area is 191 Å². The number of para-hydroxylation sites is 1. The van der Waals surface area contributed by atoms with Crippen LogP contribution in [0.1, 0.15) is 51.8 Å². The summed E-state index contributed by atoms with van der Waals surface area (Å²) in [4.78, 5) is 19.1. The highest BCUT2D eigenvalue weighted by Gasteiger charge is 2.48. The number of piperidine rings is 1. The van der Waals surface area contributed by atoms with Crippen LogP contribution in [0, 0.1) is 23.2 Å². The molecule has 1 aliphatic heterocycles. The molecule has 4 rings (SSSR count). The molecule has 0 saturated carbocycles. The predicted molar refractivity (Wildman–Crippen MR) is 130 cm³/mol. The number of hydrogen-bond acceptors (Lipinski definition) is 5. The van der Waals surface area contributed by atoms with E-state index in [0.717, 1.165) is 36.3 Å². The summed E-state index contributed by atoms with van der Waals surface area (Å²) in [6, 6.07) is 8.49. The Morgan fingerprint density at radius 1 is 1.28 bits per heavy atom. The van der Waals surface area contributed by atoms with Crippen LogP contribution in [0.4, 0.5) is 0 Å². The van der Waals surface area contributed by atoms with E-state index in [1.54, 1.807) is 0 Å². The van der Waals surface area contributed by atoms with E-state index in [9.17, 15) is 4.79 Å². The molecule has 32 heavy (non-hydrogen) atoms. The number of aromatic amines is 1. The fourth-order valence-electron chi connectivity index (χ4n) is 5.53. The molecule has 1 aromatic carbocycles. The van der Waals surface area contributed by atoms with Gasteiger partial charge in [0.1, 0.15) is 0 Å². The summed E-state index contributed by atoms with van der Waals surface area (Å²) in [6.07, 6.45) is 4.41. The van der Waals surface area contributed by atoms with Crippen molar-refractivity contribution in [1.82, 2.24) is 9.88 Å². The molecule has 0 spiro atoms. The molecule has 0 amide bonds. The van der Waals surface area contributed by atoms with Crippen LogP contribution in [-0.4, -0.2) is 54.5 Å². The number of nitrogens with one attached hydrogen (secondary N) is 1. The van der Waals surface area contributed by atoms with E-state index in [2.05, 4.69) is 74.0 Å². The number of ether oxygens (including phenoxy) is 1. The van der Waals surface area contributed by atoms with Crippen LogP contribution >= 0.6 is 0 Å². The quantitative estimate of drug-likeness (QED) is 0.431. The minimum absolute atomic E-state index is 0.0475. The SMILES string of the molecule is CC[C@@H]1CN(C)[C@H]2Cc3c([nH]c4ccccc34)/C(=N/N=C\C(C)(C)C)C[C@H]1[C@H]2C(=O)OC. The lowest BCUT2D eigenvalue weighted by Gasteiger charge is -2.48. The van der Waals surface area contributed by atoms with Crippen LogP contribution in [0.15, 0.2) is 34.5 Å². The third-order valence-electron chi connectivity index (χ3n) is 7.14. The van der Waals surface area contributed by atoms with Crippen molar-refractivity contribution >= 4 is 28.8 Å². The van der Waals surface area contributed by atoms with Gasteiger partial charge in [-0.1, -0.05) is 52.3 Å². The first kappa shape index (κ1) is 22.7. The van der Waals surface area contributed by atoms with Gasteiger partial charge in [0, 0.05) is 29.7 Å². The molecule has 4 atom stereocenters. The van der Waals surface area contributed by atoms with E-state index in [-0.39, 0.29) is 29.3 Å². The third-order valence-corrected chi connectivity index (χ3v) is 7.14. The number of carbonyl (C=O) groups excluding carboxylic acids is 1. The first-order valence-electron chi connectivity index (χ1n) is 11.7. The number of rotatable bonds is 3. The molecule has 1 saturated heterocycles. The molecule has 6 nitrogen and oxygen atoms in total. The average molecular weight is 437 g/mol. The standard InChI is InChI=1S/C26H36N4O2/c1-7-16-14-30(5)22-13-19-17-10-8-9-11-20(17)28-24(19)21(29-27-15-26(2,3)4)12-18(16)23(22)25(31)32-6/h8-11,15-16,18,22-23,28H,7,12-14H2,1-6H3/b27-15-,29-21+/t16-,18-,22+,23-/m1/s1. The molecule has 1 N–H and O–H groups in total. The highest BCUT2D eigenvalue weighted by molar-refractivity contribution is 6.06. The molecule has 1 aliphatic carbocycles. The van der Waals surface area contributed by atoms with Gasteiger partial charge in [-0.05, 0) is 48.8 Å². The fraction of sp³-hybridized carbons (Fsp3) is 0.577. The van der Waals surface area contributed by atoms with Gasteiger partial charge in [-0.3, -0.25) is 4.79 Å². The van der Waals surface area contributed by atoms with E-state index in [4.69, 9.17) is 9.84 Å². The smallest absolute Gasteiger partial charge is 0.310 e. The van der Waals surface area contributed by atoms with Crippen molar-refractivity contribution in [2.75, 3.05) is 20.7 Å². The summed E-state index contributed by atoms with van der Waals surface area (Å²) in [5.41, 5.74) is 4.29. The molecule has 172 valence electrons. The van der Waals surface area contributed by atoms with Gasteiger partial charge in [-0.2, -0.15) is 10.2 Å². The zero-order valence-electron chi connectivity index (χ0n) is 20.2. The van der Waals surface area contributed by atoms with Gasteiger partial charge in [0.25, 0.3) is 0 Å². The number of H-pyrrole nitrogens is 1. The van der Waals surface area contributed by atoms with Crippen LogP contribution in [-0.2, 0) is 16.0 Å². The number of carbonyl (C=O) groups is 1. The summed E-state index contributed by atoms with van der Waals surface area (Å²) >= 11 is 0. The second-order valence-corrected chi connectivity index (χ2v) is 10.5. The van der Waals surface area contributed by atoms with Crippen molar-refractivity contribution in [1.29, 1.82) is 0 Å². The number of likely N-dealkylation sites (N-methyl/N-ethyl adjacent to an activating group) is 1. The average Bonchev–Trinajstić information content (AvgIpc) is 3.10. The number of benzene rings is 1. The molecule has 2 heterocycles. The maximum atomic E-state index is 13.1. The molecule has 0 unspecified atom stereocenters. The summed E-state index contributed by atoms with van der Waals surface area (Å²) in [5, 5.41) is 10.4. The van der Waals surface area contributed by atoms with Crippen molar-refractivity contribution in [3.05, 3.63) is 35.5 Å². The first-order valence-corrected chi connectivity index (χ1v) is 11.7. The number of aromatic nitrogens is 1. The minimum atomic E-state index is -0.178. The number of hydrogen-bond donors (Lipinski definition) is 1. The van der Waals surface area contributed by atoms with Gasteiger partial charge < -0.3 is 14.6 Å². The number of likely N-dealkylation sites (tertiary alicyclic amines) is 1. The molecule has 2 aromatic rings. The molecule has 1 aromatic heterocycles. The van der Waals surface area contributed by atoms with Gasteiger partial charge in [0.2, 0.25) is 0 Å². The van der Waals surface area contributed by atoms with Gasteiger partial charge in [-0.25, -0.2) is 0 Å². The predicted octanol–water partition coefficient (Wildman–Crippen LogP) is 4.68. The van der Waals surface area contributed by atoms with Crippen molar-refractivity contribution in [3.63, 3.8) is 0 Å². The van der Waals surface area contributed by atoms with E-state index >= 15 is 0 Å². The van der Waals surface area contributed by atoms with E-state index in [0.29, 0.717) is 12.3 Å². The lowest BCUT2D eigenvalue weighted by Crippen LogP contribution is -2.56. The highest BCUT2D eigenvalue weighted by Crippen LogP contribution is 2.42. The molecule has 0 radical (unpaired) electrons. The highest BCUT2D eigenvalue weighted by atomic mass is 16.5. The van der Waals surface area contributed by atoms with Crippen LogP contribution in [0.3, 0.4) is 0 Å². The fourth-order valence-corrected chi connectivity index (χ4v) is 5.53. The Morgan fingerprint density at radius 3 is 2.72 bits per heavy atom. The van der Waals surface area contributed by atoms with Gasteiger partial charge >= 0.3 is 5.97 Å². The van der Waals surface area contributed by atoms with Crippen molar-refractivity contribution in [2.45, 2.75) is 53.0 Å². The lowest BCUT2D eigenvalue weighted by molar-refractivity contribution is -0.154. The molecule has 6 heteroatoms. The summed E-state index contributed by atoms with van der Waals surface area (Å²) < 4.78 is 5.34. The van der Waals surface area contributed by atoms with E-state index < -0.39 is 0 Å². The first-order chi connectivity index (χ1) is 15.2. The van der Waals surface area contributed by atoms with Crippen LogP contribution in [0.2, 0.25) is 0 Å². The van der Waals surface area contributed by atoms with Crippen molar-refractivity contribution in [2.24, 2.45) is 33.4 Å². The van der Waals surface area contributed by atoms with Crippen LogP contribution in [0.5, 0.6) is 0 Å². The third kappa shape index (κ3) is 4.25. The number of fused-ring (bicyclic) bond motifs is 5. The Hall–Kier alpha value is -2.47. The maximum Gasteiger partial charge on any atom is 0.310 e. The monoisotopic (exact) mass is 436 g/mol. The second kappa shape index (κ2) is 8.81. The van der Waals surface area contributed by atoms with Crippen LogP contribution in [0.25, 0.3) is 10.9 Å². The Balaban J connectivity index is 1.91. The van der Waals surface area contributed by atoms with E-state index in [1.165, 1.54) is 18.1 Å². The van der Waals surface area contributed by atoms with Crippen molar-refractivity contribution < 1.29 is 9.53 Å². The Morgan fingerprint density at radius 2 is 2.03 bits per heavy atom.